The van der Waals surface area contributed by atoms with Crippen LogP contribution in [0, 0.1) is 0 Å². The maximum Gasteiger partial charge on any atom is 0.350 e. The minimum absolute atomic E-state index is 0.123. The van der Waals surface area contributed by atoms with Crippen LogP contribution < -0.4 is 10.4 Å². The fraction of sp³-hybridized carbons (Fsp3) is 0.400. The van der Waals surface area contributed by atoms with E-state index in [1.807, 2.05) is 24.3 Å². The van der Waals surface area contributed by atoms with Crippen LogP contribution in [0.4, 0.5) is 0 Å². The number of fused-ring (bicyclic) bond motifs is 1. The molecule has 1 fully saturated rings. The molecule has 0 radical (unpaired) electrons. The van der Waals surface area contributed by atoms with Crippen LogP contribution in [0.3, 0.4) is 0 Å². The molecule has 0 unspecified atom stereocenters. The van der Waals surface area contributed by atoms with Gasteiger partial charge in [0.1, 0.15) is 5.75 Å². The van der Waals surface area contributed by atoms with E-state index in [2.05, 4.69) is 5.10 Å². The van der Waals surface area contributed by atoms with E-state index in [9.17, 15) is 13.2 Å². The summed E-state index contributed by atoms with van der Waals surface area (Å²) in [4.78, 5) is 12.9. The second kappa shape index (κ2) is 8.00. The number of ether oxygens (including phenoxy) is 1. The van der Waals surface area contributed by atoms with Crippen LogP contribution in [0.5, 0.6) is 5.75 Å². The van der Waals surface area contributed by atoms with E-state index in [4.69, 9.17) is 4.74 Å². The van der Waals surface area contributed by atoms with Crippen LogP contribution in [-0.4, -0.2) is 47.1 Å². The summed E-state index contributed by atoms with van der Waals surface area (Å²) in [6, 6.07) is 10.5. The van der Waals surface area contributed by atoms with E-state index in [-0.39, 0.29) is 10.6 Å². The standard InChI is InChI=1S/C20H24N4O4S/c1-28-17-8-6-16(7-9-17)14-24-20(25)23-15-18(10-11-19(23)21-24)29(26,27)22-12-4-2-3-5-13-22/h6-11,15H,2-5,12-14H2,1H3. The maximum atomic E-state index is 13.0. The third-order valence-corrected chi connectivity index (χ3v) is 7.13. The van der Waals surface area contributed by atoms with Crippen molar-refractivity contribution in [2.24, 2.45) is 0 Å². The van der Waals surface area contributed by atoms with Gasteiger partial charge in [0.25, 0.3) is 0 Å². The molecular formula is C20H24N4O4S. The van der Waals surface area contributed by atoms with Crippen LogP contribution in [-0.2, 0) is 16.6 Å². The molecule has 1 aliphatic rings. The Hall–Kier alpha value is -2.65. The first-order chi connectivity index (χ1) is 14.0. The van der Waals surface area contributed by atoms with Gasteiger partial charge in [0, 0.05) is 19.3 Å². The zero-order valence-corrected chi connectivity index (χ0v) is 17.1. The molecule has 8 nitrogen and oxygen atoms in total. The van der Waals surface area contributed by atoms with Gasteiger partial charge in [-0.1, -0.05) is 25.0 Å². The van der Waals surface area contributed by atoms with E-state index in [1.165, 1.54) is 25.7 Å². The lowest BCUT2D eigenvalue weighted by Crippen LogP contribution is -2.32. The number of rotatable bonds is 5. The summed E-state index contributed by atoms with van der Waals surface area (Å²) in [6.07, 6.45) is 5.20. The highest BCUT2D eigenvalue weighted by Gasteiger charge is 2.26. The van der Waals surface area contributed by atoms with Crippen molar-refractivity contribution < 1.29 is 13.2 Å². The predicted octanol–water partition coefficient (Wildman–Crippen LogP) is 2.12. The van der Waals surface area contributed by atoms with Gasteiger partial charge in [-0.2, -0.15) is 4.31 Å². The van der Waals surface area contributed by atoms with Gasteiger partial charge in [-0.25, -0.2) is 22.3 Å². The topological polar surface area (TPSA) is 85.9 Å². The van der Waals surface area contributed by atoms with Gasteiger partial charge in [-0.3, -0.25) is 0 Å². The van der Waals surface area contributed by atoms with Crippen molar-refractivity contribution >= 4 is 15.7 Å². The smallest absolute Gasteiger partial charge is 0.350 e. The number of aromatic nitrogens is 3. The molecular weight excluding hydrogens is 392 g/mol. The summed E-state index contributed by atoms with van der Waals surface area (Å²) >= 11 is 0. The first kappa shape index (κ1) is 19.7. The minimum atomic E-state index is -3.63. The van der Waals surface area contributed by atoms with Crippen molar-refractivity contribution in [3.63, 3.8) is 0 Å². The molecule has 0 atom stereocenters. The molecule has 0 spiro atoms. The van der Waals surface area contributed by atoms with Crippen molar-refractivity contribution in [2.75, 3.05) is 20.2 Å². The molecule has 4 rings (SSSR count). The zero-order valence-electron chi connectivity index (χ0n) is 16.3. The lowest BCUT2D eigenvalue weighted by Gasteiger charge is -2.19. The highest BCUT2D eigenvalue weighted by molar-refractivity contribution is 7.89. The second-order valence-electron chi connectivity index (χ2n) is 7.20. The summed E-state index contributed by atoms with van der Waals surface area (Å²) in [5.74, 6) is 0.736. The van der Waals surface area contributed by atoms with Crippen molar-refractivity contribution in [1.82, 2.24) is 18.5 Å². The van der Waals surface area contributed by atoms with Crippen LogP contribution in [0.1, 0.15) is 31.2 Å². The number of benzene rings is 1. The van der Waals surface area contributed by atoms with Crippen LogP contribution in [0.2, 0.25) is 0 Å². The highest BCUT2D eigenvalue weighted by atomic mass is 32.2. The molecule has 3 heterocycles. The Balaban J connectivity index is 1.65. The molecule has 9 heteroatoms. The van der Waals surface area contributed by atoms with E-state index in [1.54, 1.807) is 13.2 Å². The van der Waals surface area contributed by atoms with Gasteiger partial charge in [0.05, 0.1) is 18.6 Å². The highest BCUT2D eigenvalue weighted by Crippen LogP contribution is 2.20. The third kappa shape index (κ3) is 3.92. The van der Waals surface area contributed by atoms with E-state index < -0.39 is 10.0 Å². The number of pyridine rings is 1. The summed E-state index contributed by atoms with van der Waals surface area (Å²) in [5.41, 5.74) is 0.941. The predicted molar refractivity (Wildman–Crippen MR) is 109 cm³/mol. The lowest BCUT2D eigenvalue weighted by molar-refractivity contribution is 0.414. The molecule has 3 aromatic rings. The monoisotopic (exact) mass is 416 g/mol. The molecule has 29 heavy (non-hydrogen) atoms. The molecule has 154 valence electrons. The Kier molecular flexibility index (Phi) is 5.42. The molecule has 0 aliphatic carbocycles. The molecule has 1 saturated heterocycles. The average molecular weight is 417 g/mol. The van der Waals surface area contributed by atoms with Crippen molar-refractivity contribution in [3.8, 4) is 5.75 Å². The maximum absolute atomic E-state index is 13.0. The fourth-order valence-corrected chi connectivity index (χ4v) is 5.11. The van der Waals surface area contributed by atoms with E-state index in [0.29, 0.717) is 25.3 Å². The average Bonchev–Trinajstić information content (AvgIpc) is 2.92. The first-order valence-electron chi connectivity index (χ1n) is 9.71. The van der Waals surface area contributed by atoms with Gasteiger partial charge in [-0.15, -0.1) is 5.10 Å². The Morgan fingerprint density at radius 3 is 2.34 bits per heavy atom. The Morgan fingerprint density at radius 2 is 1.69 bits per heavy atom. The van der Waals surface area contributed by atoms with Crippen LogP contribution in [0.25, 0.3) is 5.65 Å². The first-order valence-corrected chi connectivity index (χ1v) is 11.2. The number of nitrogens with zero attached hydrogens (tertiary/aromatic N) is 4. The second-order valence-corrected chi connectivity index (χ2v) is 9.14. The molecule has 2 aromatic heterocycles. The molecule has 1 aliphatic heterocycles. The molecule has 1 aromatic carbocycles. The van der Waals surface area contributed by atoms with E-state index in [0.717, 1.165) is 37.0 Å². The van der Waals surface area contributed by atoms with Gasteiger partial charge in [0.15, 0.2) is 5.65 Å². The van der Waals surface area contributed by atoms with Gasteiger partial charge in [-0.05, 0) is 42.7 Å². The fourth-order valence-electron chi connectivity index (χ4n) is 3.59. The Labute approximate surface area is 169 Å². The Morgan fingerprint density at radius 1 is 1.00 bits per heavy atom. The summed E-state index contributed by atoms with van der Waals surface area (Å²) in [5, 5.41) is 4.33. The SMILES string of the molecule is COc1ccc(Cn2nc3ccc(S(=O)(=O)N4CCCCCC4)cn3c2=O)cc1. The summed E-state index contributed by atoms with van der Waals surface area (Å²) < 4.78 is 35.3. The van der Waals surface area contributed by atoms with Gasteiger partial charge in [0.2, 0.25) is 10.0 Å². The molecule has 0 saturated carbocycles. The quantitative estimate of drug-likeness (QED) is 0.636. The summed E-state index contributed by atoms with van der Waals surface area (Å²) in [6.45, 7) is 1.33. The minimum Gasteiger partial charge on any atom is -0.497 e. The molecule has 0 N–H and O–H groups in total. The molecule has 0 bridgehead atoms. The largest absolute Gasteiger partial charge is 0.497 e. The zero-order chi connectivity index (χ0) is 20.4. The number of hydrogen-bond acceptors (Lipinski definition) is 5. The molecule has 0 amide bonds. The normalized spacial score (nSPS) is 16.0. The number of hydrogen-bond donors (Lipinski definition) is 0. The van der Waals surface area contributed by atoms with Crippen molar-refractivity contribution in [1.29, 1.82) is 0 Å². The Bertz CT molecular complexity index is 1160. The van der Waals surface area contributed by atoms with Crippen LogP contribution >= 0.6 is 0 Å². The van der Waals surface area contributed by atoms with Crippen LogP contribution in [0.15, 0.2) is 52.3 Å². The van der Waals surface area contributed by atoms with Gasteiger partial charge >= 0.3 is 5.69 Å². The number of sulfonamides is 1. The van der Waals surface area contributed by atoms with E-state index >= 15 is 0 Å². The van der Waals surface area contributed by atoms with Crippen molar-refractivity contribution in [2.45, 2.75) is 37.1 Å². The summed E-state index contributed by atoms with van der Waals surface area (Å²) in [7, 11) is -2.03. The van der Waals surface area contributed by atoms with Crippen molar-refractivity contribution in [3.05, 3.63) is 58.6 Å². The van der Waals surface area contributed by atoms with Gasteiger partial charge < -0.3 is 4.74 Å². The number of methoxy groups -OCH3 is 1. The third-order valence-electron chi connectivity index (χ3n) is 5.24. The lowest BCUT2D eigenvalue weighted by atomic mass is 10.2.